The normalized spacial score (nSPS) is 34.2. The van der Waals surface area contributed by atoms with E-state index in [9.17, 15) is 13.5 Å². The Morgan fingerprint density at radius 3 is 2.44 bits per heavy atom. The molecule has 6 heteroatoms. The van der Waals surface area contributed by atoms with Gasteiger partial charge in [-0.1, -0.05) is 6.92 Å². The molecule has 0 aromatic rings. The molecule has 2 aliphatic rings. The molecule has 2 rings (SSSR count). The van der Waals surface area contributed by atoms with Crippen LogP contribution in [-0.4, -0.2) is 67.8 Å². The molecule has 2 aliphatic heterocycles. The SMILES string of the molecule is CCCN(C1CNC1)C1CS(=O)(=O)CC1O. The number of aliphatic hydroxyl groups excluding tert-OH is 1. The first-order valence-electron chi connectivity index (χ1n) is 5.88. The van der Waals surface area contributed by atoms with Crippen molar-refractivity contribution in [2.75, 3.05) is 31.1 Å². The molecule has 2 fully saturated rings. The molecule has 2 N–H and O–H groups in total. The number of aliphatic hydroxyl groups is 1. The van der Waals surface area contributed by atoms with Crippen LogP contribution in [0.15, 0.2) is 0 Å². The Labute approximate surface area is 96.7 Å². The van der Waals surface area contributed by atoms with Crippen molar-refractivity contribution in [3.05, 3.63) is 0 Å². The van der Waals surface area contributed by atoms with Crippen LogP contribution in [0.25, 0.3) is 0 Å². The van der Waals surface area contributed by atoms with Crippen LogP contribution in [-0.2, 0) is 9.84 Å². The summed E-state index contributed by atoms with van der Waals surface area (Å²) in [7, 11) is -3.04. The molecule has 2 saturated heterocycles. The van der Waals surface area contributed by atoms with Gasteiger partial charge in [0.25, 0.3) is 0 Å². The van der Waals surface area contributed by atoms with Gasteiger partial charge in [-0.2, -0.15) is 0 Å². The molecule has 0 bridgehead atoms. The van der Waals surface area contributed by atoms with Gasteiger partial charge in [0.2, 0.25) is 0 Å². The average molecular weight is 248 g/mol. The van der Waals surface area contributed by atoms with Crippen LogP contribution in [0.5, 0.6) is 0 Å². The Kier molecular flexibility index (Phi) is 3.53. The number of nitrogens with one attached hydrogen (secondary N) is 1. The third-order valence-electron chi connectivity index (χ3n) is 3.43. The summed E-state index contributed by atoms with van der Waals surface area (Å²) in [6.45, 7) is 4.76. The van der Waals surface area contributed by atoms with Gasteiger partial charge in [-0.25, -0.2) is 8.42 Å². The first kappa shape index (κ1) is 12.3. The highest BCUT2D eigenvalue weighted by atomic mass is 32.2. The first-order valence-corrected chi connectivity index (χ1v) is 7.70. The van der Waals surface area contributed by atoms with E-state index in [0.29, 0.717) is 6.04 Å². The molecular weight excluding hydrogens is 228 g/mol. The highest BCUT2D eigenvalue weighted by Crippen LogP contribution is 2.22. The Morgan fingerprint density at radius 2 is 2.06 bits per heavy atom. The van der Waals surface area contributed by atoms with Crippen LogP contribution < -0.4 is 5.32 Å². The highest BCUT2D eigenvalue weighted by Gasteiger charge is 2.42. The Bertz CT molecular complexity index is 340. The molecule has 0 radical (unpaired) electrons. The predicted octanol–water partition coefficient (Wildman–Crippen LogP) is -1.17. The molecule has 0 aromatic carbocycles. The highest BCUT2D eigenvalue weighted by molar-refractivity contribution is 7.91. The summed E-state index contributed by atoms with van der Waals surface area (Å²) in [5, 5.41) is 13.0. The minimum Gasteiger partial charge on any atom is -0.390 e. The maximum absolute atomic E-state index is 11.5. The summed E-state index contributed by atoms with van der Waals surface area (Å²) in [6.07, 6.45) is 0.275. The first-order chi connectivity index (χ1) is 7.53. The van der Waals surface area contributed by atoms with Gasteiger partial charge < -0.3 is 10.4 Å². The lowest BCUT2D eigenvalue weighted by molar-refractivity contribution is 0.0358. The molecule has 0 aromatic heterocycles. The van der Waals surface area contributed by atoms with Crippen molar-refractivity contribution in [2.45, 2.75) is 31.5 Å². The van der Waals surface area contributed by atoms with Crippen molar-refractivity contribution in [1.29, 1.82) is 0 Å². The second-order valence-corrected chi connectivity index (χ2v) is 6.92. The number of sulfone groups is 1. The minimum atomic E-state index is -3.04. The zero-order valence-electron chi connectivity index (χ0n) is 9.59. The minimum absolute atomic E-state index is 0.0714. The van der Waals surface area contributed by atoms with Crippen LogP contribution in [0.3, 0.4) is 0 Å². The molecule has 2 atom stereocenters. The summed E-state index contributed by atoms with van der Waals surface area (Å²) in [4.78, 5) is 2.17. The van der Waals surface area contributed by atoms with Gasteiger partial charge in [0, 0.05) is 19.1 Å². The van der Waals surface area contributed by atoms with Gasteiger partial charge >= 0.3 is 0 Å². The number of hydrogen-bond donors (Lipinski definition) is 2. The lowest BCUT2D eigenvalue weighted by Crippen LogP contribution is -2.62. The maximum Gasteiger partial charge on any atom is 0.154 e. The zero-order valence-corrected chi connectivity index (χ0v) is 10.4. The van der Waals surface area contributed by atoms with E-state index in [1.807, 2.05) is 0 Å². The Hall–Kier alpha value is -0.170. The molecule has 2 heterocycles. The largest absolute Gasteiger partial charge is 0.390 e. The van der Waals surface area contributed by atoms with Gasteiger partial charge in [0.1, 0.15) is 0 Å². The van der Waals surface area contributed by atoms with Crippen molar-refractivity contribution in [1.82, 2.24) is 10.2 Å². The lowest BCUT2D eigenvalue weighted by Gasteiger charge is -2.42. The van der Waals surface area contributed by atoms with E-state index in [-0.39, 0.29) is 17.5 Å². The summed E-state index contributed by atoms with van der Waals surface area (Å²) in [6, 6.07) is 0.199. The topological polar surface area (TPSA) is 69.6 Å². The van der Waals surface area contributed by atoms with Crippen LogP contribution in [0.4, 0.5) is 0 Å². The van der Waals surface area contributed by atoms with Crippen LogP contribution in [0, 0.1) is 0 Å². The molecule has 0 spiro atoms. The van der Waals surface area contributed by atoms with E-state index in [1.54, 1.807) is 0 Å². The third-order valence-corrected chi connectivity index (χ3v) is 5.13. The fraction of sp³-hybridized carbons (Fsp3) is 1.00. The number of nitrogens with zero attached hydrogens (tertiary/aromatic N) is 1. The second-order valence-electron chi connectivity index (χ2n) is 4.76. The van der Waals surface area contributed by atoms with Gasteiger partial charge in [-0.15, -0.1) is 0 Å². The van der Waals surface area contributed by atoms with Crippen molar-refractivity contribution < 1.29 is 13.5 Å². The quantitative estimate of drug-likeness (QED) is 0.656. The third kappa shape index (κ3) is 2.40. The van der Waals surface area contributed by atoms with Crippen LogP contribution >= 0.6 is 0 Å². The Balaban J connectivity index is 2.07. The van der Waals surface area contributed by atoms with Crippen LogP contribution in [0.1, 0.15) is 13.3 Å². The summed E-state index contributed by atoms with van der Waals surface area (Å²) >= 11 is 0. The number of hydrogen-bond acceptors (Lipinski definition) is 5. The summed E-state index contributed by atoms with van der Waals surface area (Å²) in [5.74, 6) is 0.0443. The van der Waals surface area contributed by atoms with E-state index < -0.39 is 15.9 Å². The second kappa shape index (κ2) is 4.60. The maximum atomic E-state index is 11.5. The molecule has 5 nitrogen and oxygen atoms in total. The fourth-order valence-corrected chi connectivity index (χ4v) is 4.33. The lowest BCUT2D eigenvalue weighted by atomic mass is 10.0. The van der Waals surface area contributed by atoms with E-state index in [1.165, 1.54) is 0 Å². The predicted molar refractivity (Wildman–Crippen MR) is 62.1 cm³/mol. The molecule has 0 aliphatic carbocycles. The molecule has 2 unspecified atom stereocenters. The summed E-state index contributed by atoms with van der Waals surface area (Å²) < 4.78 is 23.0. The van der Waals surface area contributed by atoms with Crippen molar-refractivity contribution >= 4 is 9.84 Å². The van der Waals surface area contributed by atoms with E-state index in [4.69, 9.17) is 0 Å². The van der Waals surface area contributed by atoms with Gasteiger partial charge in [-0.05, 0) is 13.0 Å². The van der Waals surface area contributed by atoms with E-state index in [2.05, 4.69) is 17.1 Å². The zero-order chi connectivity index (χ0) is 11.8. The van der Waals surface area contributed by atoms with Crippen LogP contribution in [0.2, 0.25) is 0 Å². The van der Waals surface area contributed by atoms with E-state index >= 15 is 0 Å². The smallest absolute Gasteiger partial charge is 0.154 e. The van der Waals surface area contributed by atoms with Gasteiger partial charge in [0.15, 0.2) is 9.84 Å². The van der Waals surface area contributed by atoms with Crippen molar-refractivity contribution in [3.63, 3.8) is 0 Å². The molecule has 0 amide bonds. The molecule has 16 heavy (non-hydrogen) atoms. The van der Waals surface area contributed by atoms with E-state index in [0.717, 1.165) is 26.1 Å². The number of rotatable bonds is 4. The average Bonchev–Trinajstić information content (AvgIpc) is 2.36. The molecule has 94 valence electrons. The van der Waals surface area contributed by atoms with Crippen molar-refractivity contribution in [3.8, 4) is 0 Å². The Morgan fingerprint density at radius 1 is 1.38 bits per heavy atom. The fourth-order valence-electron chi connectivity index (χ4n) is 2.51. The summed E-state index contributed by atoms with van der Waals surface area (Å²) in [5.41, 5.74) is 0. The van der Waals surface area contributed by atoms with Crippen molar-refractivity contribution in [2.24, 2.45) is 0 Å². The monoisotopic (exact) mass is 248 g/mol. The van der Waals surface area contributed by atoms with Gasteiger partial charge in [-0.3, -0.25) is 4.90 Å². The molecular formula is C10H20N2O3S. The molecule has 0 saturated carbocycles. The standard InChI is InChI=1S/C10H20N2O3S/c1-2-3-12(8-4-11-5-8)9-6-16(14,15)7-10(9)13/h8-11,13H,2-7H2,1H3. The van der Waals surface area contributed by atoms with Gasteiger partial charge in [0.05, 0.1) is 23.7 Å².